The van der Waals surface area contributed by atoms with Gasteiger partial charge in [0.2, 0.25) is 0 Å². The molecule has 2 rings (SSSR count). The highest BCUT2D eigenvalue weighted by atomic mass is 32.2. The molecule has 0 fully saturated rings. The van der Waals surface area contributed by atoms with E-state index in [2.05, 4.69) is 9.13 Å². The highest BCUT2D eigenvalue weighted by Crippen LogP contribution is 2.30. The van der Waals surface area contributed by atoms with E-state index in [0.717, 1.165) is 38.4 Å². The Morgan fingerprint density at radius 1 is 1.30 bits per heavy atom. The number of allylic oxidation sites excluding steroid dienone is 1. The van der Waals surface area contributed by atoms with Gasteiger partial charge in [-0.3, -0.25) is 0 Å². The summed E-state index contributed by atoms with van der Waals surface area (Å²) in [5.41, 5.74) is -1.68. The lowest BCUT2D eigenvalue weighted by molar-refractivity contribution is -0.138. The smallest absolute Gasteiger partial charge is 0.416 e. The van der Waals surface area contributed by atoms with E-state index in [1.54, 1.807) is 0 Å². The zero-order valence-electron chi connectivity index (χ0n) is 12.0. The van der Waals surface area contributed by atoms with Crippen molar-refractivity contribution in [3.8, 4) is 0 Å². The Bertz CT molecular complexity index is 813. The highest BCUT2D eigenvalue weighted by molar-refractivity contribution is 7.88. The van der Waals surface area contributed by atoms with Crippen molar-refractivity contribution in [1.82, 2.24) is 4.31 Å². The third-order valence-corrected chi connectivity index (χ3v) is 4.37. The number of esters is 1. The van der Waals surface area contributed by atoms with Crippen LogP contribution in [0.2, 0.25) is 0 Å². The summed E-state index contributed by atoms with van der Waals surface area (Å²) in [6.07, 6.45) is -3.53. The summed E-state index contributed by atoms with van der Waals surface area (Å²) in [6, 6.07) is 3.99. The van der Waals surface area contributed by atoms with Gasteiger partial charge in [0, 0.05) is 12.6 Å². The zero-order valence-corrected chi connectivity index (χ0v) is 12.8. The predicted molar refractivity (Wildman–Crippen MR) is 74.8 cm³/mol. The van der Waals surface area contributed by atoms with Gasteiger partial charge in [0.05, 0.1) is 18.4 Å². The molecule has 1 aromatic carbocycles. The molecule has 6 nitrogen and oxygen atoms in total. The molecule has 1 aliphatic heterocycles. The van der Waals surface area contributed by atoms with E-state index in [1.807, 2.05) is 0 Å². The fourth-order valence-corrected chi connectivity index (χ4v) is 2.74. The molecule has 0 N–H and O–H groups in total. The SMILES string of the molecule is COC(=O)C1=CC(c2cccc(C(F)(F)F)c2)=NS(=O)(=O)N1C. The molecule has 1 heterocycles. The quantitative estimate of drug-likeness (QED) is 0.763. The number of carbonyl (C=O) groups is 1. The summed E-state index contributed by atoms with van der Waals surface area (Å²) in [4.78, 5) is 11.6. The lowest BCUT2D eigenvalue weighted by atomic mass is 10.1. The molecule has 0 radical (unpaired) electrons. The minimum Gasteiger partial charge on any atom is -0.464 e. The Kier molecular flexibility index (Phi) is 4.20. The lowest BCUT2D eigenvalue weighted by Crippen LogP contribution is -2.33. The Balaban J connectivity index is 2.59. The average molecular weight is 348 g/mol. The van der Waals surface area contributed by atoms with E-state index in [4.69, 9.17) is 0 Å². The van der Waals surface area contributed by atoms with Gasteiger partial charge in [-0.15, -0.1) is 4.40 Å². The third kappa shape index (κ3) is 3.36. The largest absolute Gasteiger partial charge is 0.464 e. The average Bonchev–Trinajstić information content (AvgIpc) is 2.48. The molecule has 0 unspecified atom stereocenters. The Morgan fingerprint density at radius 2 is 1.96 bits per heavy atom. The molecule has 124 valence electrons. The number of ether oxygens (including phenoxy) is 1. The van der Waals surface area contributed by atoms with E-state index in [1.165, 1.54) is 6.07 Å². The van der Waals surface area contributed by atoms with E-state index >= 15 is 0 Å². The van der Waals surface area contributed by atoms with Crippen LogP contribution in [0.1, 0.15) is 11.1 Å². The van der Waals surface area contributed by atoms with Gasteiger partial charge in [-0.25, -0.2) is 9.10 Å². The van der Waals surface area contributed by atoms with Gasteiger partial charge in [-0.1, -0.05) is 12.1 Å². The number of hydrogen-bond donors (Lipinski definition) is 0. The summed E-state index contributed by atoms with van der Waals surface area (Å²) in [7, 11) is -2.10. The maximum Gasteiger partial charge on any atom is 0.416 e. The van der Waals surface area contributed by atoms with Crippen LogP contribution in [0.5, 0.6) is 0 Å². The van der Waals surface area contributed by atoms with Gasteiger partial charge < -0.3 is 4.74 Å². The number of benzene rings is 1. The van der Waals surface area contributed by atoms with Gasteiger partial charge in [-0.2, -0.15) is 21.6 Å². The van der Waals surface area contributed by atoms with Crippen molar-refractivity contribution in [3.63, 3.8) is 0 Å². The fourth-order valence-electron chi connectivity index (χ4n) is 1.84. The first-order valence-electron chi connectivity index (χ1n) is 6.13. The summed E-state index contributed by atoms with van der Waals surface area (Å²) in [5.74, 6) is -0.949. The lowest BCUT2D eigenvalue weighted by Gasteiger charge is -2.22. The first kappa shape index (κ1) is 17.0. The van der Waals surface area contributed by atoms with Gasteiger partial charge in [0.15, 0.2) is 0 Å². The van der Waals surface area contributed by atoms with Crippen LogP contribution in [0.4, 0.5) is 13.2 Å². The van der Waals surface area contributed by atoms with Crippen molar-refractivity contribution in [2.24, 2.45) is 4.40 Å². The second-order valence-electron chi connectivity index (χ2n) is 4.52. The van der Waals surface area contributed by atoms with E-state index in [0.29, 0.717) is 4.31 Å². The van der Waals surface area contributed by atoms with Crippen molar-refractivity contribution in [2.75, 3.05) is 14.2 Å². The van der Waals surface area contributed by atoms with Gasteiger partial charge >= 0.3 is 22.4 Å². The van der Waals surface area contributed by atoms with Crippen LogP contribution < -0.4 is 0 Å². The first-order chi connectivity index (χ1) is 10.6. The summed E-state index contributed by atoms with van der Waals surface area (Å²) in [5, 5.41) is 0. The Morgan fingerprint density at radius 3 is 2.52 bits per heavy atom. The van der Waals surface area contributed by atoms with Gasteiger partial charge in [0.1, 0.15) is 5.70 Å². The van der Waals surface area contributed by atoms with Crippen LogP contribution in [-0.2, 0) is 25.9 Å². The van der Waals surface area contributed by atoms with E-state index in [-0.39, 0.29) is 17.0 Å². The minimum atomic E-state index is -4.59. The van der Waals surface area contributed by atoms with E-state index < -0.39 is 27.9 Å². The number of methoxy groups -OCH3 is 1. The Hall–Kier alpha value is -2.36. The summed E-state index contributed by atoms with van der Waals surface area (Å²) >= 11 is 0. The fraction of sp³-hybridized carbons (Fsp3) is 0.231. The van der Waals surface area contributed by atoms with Crippen LogP contribution in [0.15, 0.2) is 40.4 Å². The molecule has 0 bridgehead atoms. The van der Waals surface area contributed by atoms with Crippen LogP contribution in [0, 0.1) is 0 Å². The molecule has 0 atom stereocenters. The number of carbonyl (C=O) groups excluding carboxylic acids is 1. The molecule has 10 heteroatoms. The Labute approximate surface area is 130 Å². The molecular weight excluding hydrogens is 337 g/mol. The molecule has 23 heavy (non-hydrogen) atoms. The molecular formula is C13H11F3N2O4S. The number of halogens is 3. The number of rotatable bonds is 2. The summed E-state index contributed by atoms with van der Waals surface area (Å²) in [6.45, 7) is 0. The number of likely N-dealkylation sites (N-methyl/N-ethyl adjacent to an activating group) is 1. The normalized spacial score (nSPS) is 17.3. The molecule has 0 saturated carbocycles. The first-order valence-corrected chi connectivity index (χ1v) is 7.52. The molecule has 0 aromatic heterocycles. The molecule has 0 saturated heterocycles. The maximum absolute atomic E-state index is 12.8. The van der Waals surface area contributed by atoms with Crippen molar-refractivity contribution in [2.45, 2.75) is 6.18 Å². The molecule has 0 spiro atoms. The minimum absolute atomic E-state index is 0.0853. The predicted octanol–water partition coefficient (Wildman–Crippen LogP) is 1.74. The van der Waals surface area contributed by atoms with Crippen molar-refractivity contribution in [1.29, 1.82) is 0 Å². The molecule has 1 aliphatic rings. The second-order valence-corrected chi connectivity index (χ2v) is 6.15. The molecule has 0 aliphatic carbocycles. The molecule has 0 amide bonds. The maximum atomic E-state index is 12.8. The van der Waals surface area contributed by atoms with Crippen molar-refractivity contribution in [3.05, 3.63) is 47.2 Å². The van der Waals surface area contributed by atoms with Crippen LogP contribution in [-0.4, -0.2) is 38.6 Å². The second kappa shape index (κ2) is 5.69. The van der Waals surface area contributed by atoms with Gasteiger partial charge in [-0.05, 0) is 18.2 Å². The highest BCUT2D eigenvalue weighted by Gasteiger charge is 2.33. The molecule has 1 aromatic rings. The van der Waals surface area contributed by atoms with E-state index in [9.17, 15) is 26.4 Å². The topological polar surface area (TPSA) is 76.0 Å². The van der Waals surface area contributed by atoms with Crippen LogP contribution in [0.25, 0.3) is 0 Å². The van der Waals surface area contributed by atoms with Crippen LogP contribution in [0.3, 0.4) is 0 Å². The number of nitrogens with zero attached hydrogens (tertiary/aromatic N) is 2. The monoisotopic (exact) mass is 348 g/mol. The van der Waals surface area contributed by atoms with Gasteiger partial charge in [0.25, 0.3) is 0 Å². The number of hydrogen-bond acceptors (Lipinski definition) is 4. The van der Waals surface area contributed by atoms with Crippen LogP contribution >= 0.6 is 0 Å². The zero-order chi connectivity index (χ0) is 17.4. The standard InChI is InChI=1S/C13H11F3N2O4S/c1-18-11(12(19)22-2)7-10(17-23(18,20)21)8-4-3-5-9(6-8)13(14,15)16/h3-7H,1-2H3. The third-order valence-electron chi connectivity index (χ3n) is 3.05. The van der Waals surface area contributed by atoms with Crippen molar-refractivity contribution >= 4 is 21.9 Å². The van der Waals surface area contributed by atoms with Crippen molar-refractivity contribution < 1.29 is 31.1 Å². The number of alkyl halides is 3. The summed E-state index contributed by atoms with van der Waals surface area (Å²) < 4.78 is 70.6.